The summed E-state index contributed by atoms with van der Waals surface area (Å²) < 4.78 is 0. The van der Waals surface area contributed by atoms with Crippen molar-refractivity contribution in [3.63, 3.8) is 0 Å². The molecule has 0 unspecified atom stereocenters. The van der Waals surface area contributed by atoms with E-state index in [1.54, 1.807) is 12.1 Å². The topological polar surface area (TPSA) is 67.1 Å². The van der Waals surface area contributed by atoms with Crippen molar-refractivity contribution in [1.82, 2.24) is 5.32 Å². The molecule has 1 fully saturated rings. The van der Waals surface area contributed by atoms with Crippen molar-refractivity contribution in [1.29, 1.82) is 0 Å². The van der Waals surface area contributed by atoms with E-state index in [0.29, 0.717) is 36.3 Å². The van der Waals surface area contributed by atoms with Gasteiger partial charge in [0.1, 0.15) is 26.2 Å². The van der Waals surface area contributed by atoms with Crippen LogP contribution in [0, 0.1) is 0 Å². The average molecular weight is 431 g/mol. The molecule has 0 saturated carbocycles. The van der Waals surface area contributed by atoms with Gasteiger partial charge in [-0.25, -0.2) is 0 Å². The van der Waals surface area contributed by atoms with E-state index in [2.05, 4.69) is 29.7 Å². The minimum atomic E-state index is -0.0332. The molecule has 0 bridgehead atoms. The van der Waals surface area contributed by atoms with Crippen LogP contribution in [0.3, 0.4) is 0 Å². The number of halogens is 1. The van der Waals surface area contributed by atoms with Crippen LogP contribution in [0.5, 0.6) is 0 Å². The van der Waals surface area contributed by atoms with E-state index in [0.717, 1.165) is 26.2 Å². The van der Waals surface area contributed by atoms with E-state index in [1.807, 2.05) is 30.3 Å². The van der Waals surface area contributed by atoms with Crippen LogP contribution in [0.2, 0.25) is 5.02 Å². The number of rotatable bonds is 8. The Balaban J connectivity index is 1.34. The number of nitrogens with one attached hydrogen (secondary N) is 4. The highest BCUT2D eigenvalue weighted by atomic mass is 35.5. The molecule has 1 aliphatic rings. The summed E-state index contributed by atoms with van der Waals surface area (Å²) in [5.41, 5.74) is 1.88. The summed E-state index contributed by atoms with van der Waals surface area (Å²) in [7, 11) is 0. The lowest BCUT2D eigenvalue weighted by molar-refractivity contribution is -1.00. The zero-order valence-electron chi connectivity index (χ0n) is 17.4. The molecule has 2 aromatic rings. The summed E-state index contributed by atoms with van der Waals surface area (Å²) in [4.78, 5) is 27.1. The van der Waals surface area contributed by atoms with Gasteiger partial charge in [0.2, 0.25) is 0 Å². The summed E-state index contributed by atoms with van der Waals surface area (Å²) in [5, 5.41) is 6.48. The maximum atomic E-state index is 12.3. The molecule has 0 aromatic heterocycles. The van der Waals surface area contributed by atoms with E-state index in [4.69, 9.17) is 11.6 Å². The van der Waals surface area contributed by atoms with Crippen LogP contribution >= 0.6 is 11.6 Å². The minimum Gasteiger partial charge on any atom is -0.351 e. The van der Waals surface area contributed by atoms with Gasteiger partial charge in [-0.15, -0.1) is 0 Å². The van der Waals surface area contributed by atoms with Gasteiger partial charge >= 0.3 is 0 Å². The number of carbonyl (C=O) groups excluding carboxylic acids is 2. The summed E-state index contributed by atoms with van der Waals surface area (Å²) in [6.45, 7) is 7.19. The van der Waals surface area contributed by atoms with Crippen LogP contribution in [0.4, 0.5) is 5.69 Å². The van der Waals surface area contributed by atoms with Gasteiger partial charge in [-0.1, -0.05) is 61.0 Å². The second-order valence-corrected chi connectivity index (χ2v) is 8.40. The van der Waals surface area contributed by atoms with Gasteiger partial charge in [0.15, 0.2) is 13.1 Å². The van der Waals surface area contributed by atoms with Gasteiger partial charge in [0, 0.05) is 6.54 Å². The molecule has 7 heteroatoms. The third-order valence-corrected chi connectivity index (χ3v) is 5.94. The zero-order valence-corrected chi connectivity index (χ0v) is 18.2. The van der Waals surface area contributed by atoms with Gasteiger partial charge in [-0.05, 0) is 23.6 Å². The first-order valence-electron chi connectivity index (χ1n) is 10.5. The van der Waals surface area contributed by atoms with Crippen molar-refractivity contribution in [2.24, 2.45) is 0 Å². The summed E-state index contributed by atoms with van der Waals surface area (Å²) in [6.07, 6.45) is 0. The van der Waals surface area contributed by atoms with Crippen molar-refractivity contribution < 1.29 is 19.4 Å². The Bertz CT molecular complexity index is 838. The van der Waals surface area contributed by atoms with E-state index >= 15 is 0 Å². The van der Waals surface area contributed by atoms with Gasteiger partial charge in [0.05, 0.1) is 10.7 Å². The fraction of sp³-hybridized carbons (Fsp3) is 0.391. The summed E-state index contributed by atoms with van der Waals surface area (Å²) in [5.74, 6) is 0.352. The largest absolute Gasteiger partial charge is 0.351 e. The highest BCUT2D eigenvalue weighted by molar-refractivity contribution is 6.33. The Kier molecular flexibility index (Phi) is 8.25. The summed E-state index contributed by atoms with van der Waals surface area (Å²) >= 11 is 6.10. The second kappa shape index (κ2) is 11.1. The first kappa shape index (κ1) is 22.3. The maximum Gasteiger partial charge on any atom is 0.279 e. The lowest BCUT2D eigenvalue weighted by Crippen LogP contribution is -3.28. The maximum absolute atomic E-state index is 12.3. The molecular weight excluding hydrogens is 400 g/mol. The van der Waals surface area contributed by atoms with Crippen molar-refractivity contribution in [2.45, 2.75) is 12.8 Å². The Hall–Kier alpha value is -2.41. The fourth-order valence-electron chi connectivity index (χ4n) is 3.75. The molecular formula is C23H31ClN4O2+2. The smallest absolute Gasteiger partial charge is 0.279 e. The second-order valence-electron chi connectivity index (χ2n) is 8.00. The molecule has 2 amide bonds. The molecule has 1 aliphatic heterocycles. The molecule has 0 radical (unpaired) electrons. The third kappa shape index (κ3) is 6.83. The molecule has 1 saturated heterocycles. The standard InChI is InChI=1S/C23H29ClN4O2/c1-18(19-7-3-2-4-8-19)15-25-22(29)16-27-11-13-28(14-12-27)17-23(30)26-21-10-6-5-9-20(21)24/h2-10,18H,11-17H2,1H3,(H,25,29)(H,26,30)/p+2/t18-/m1/s1. The van der Waals surface area contributed by atoms with Crippen LogP contribution < -0.4 is 20.4 Å². The van der Waals surface area contributed by atoms with Crippen LogP contribution in [-0.2, 0) is 9.59 Å². The third-order valence-electron chi connectivity index (χ3n) is 5.61. The zero-order chi connectivity index (χ0) is 21.3. The molecule has 1 atom stereocenters. The normalized spacial score (nSPS) is 19.7. The highest BCUT2D eigenvalue weighted by Crippen LogP contribution is 2.19. The van der Waals surface area contributed by atoms with Gasteiger partial charge in [0.25, 0.3) is 11.8 Å². The Labute approximate surface area is 183 Å². The quantitative estimate of drug-likeness (QED) is 0.475. The molecule has 4 N–H and O–H groups in total. The van der Waals surface area contributed by atoms with E-state index < -0.39 is 0 Å². The lowest BCUT2D eigenvalue weighted by Gasteiger charge is -2.29. The highest BCUT2D eigenvalue weighted by Gasteiger charge is 2.26. The Morgan fingerprint density at radius 2 is 1.47 bits per heavy atom. The van der Waals surface area contributed by atoms with Gasteiger partial charge < -0.3 is 20.4 Å². The summed E-state index contributed by atoms with van der Waals surface area (Å²) in [6, 6.07) is 17.5. The molecule has 30 heavy (non-hydrogen) atoms. The van der Waals surface area contributed by atoms with Gasteiger partial charge in [-0.3, -0.25) is 9.59 Å². The van der Waals surface area contributed by atoms with Crippen molar-refractivity contribution >= 4 is 29.1 Å². The SMILES string of the molecule is C[C@H](CNC(=O)C[NH+]1CC[NH+](CC(=O)Nc2ccccc2Cl)CC1)c1ccccc1. The first-order chi connectivity index (χ1) is 14.5. The molecule has 1 heterocycles. The molecule has 160 valence electrons. The van der Waals surface area contributed by atoms with Crippen LogP contribution in [0.15, 0.2) is 54.6 Å². The number of carbonyl (C=O) groups is 2. The number of amides is 2. The Morgan fingerprint density at radius 3 is 2.10 bits per heavy atom. The van der Waals surface area contributed by atoms with Crippen LogP contribution in [0.25, 0.3) is 0 Å². The number of benzene rings is 2. The van der Waals surface area contributed by atoms with Crippen LogP contribution in [-0.4, -0.2) is 57.6 Å². The minimum absolute atomic E-state index is 0.0332. The van der Waals surface area contributed by atoms with E-state index in [-0.39, 0.29) is 11.8 Å². The molecule has 3 rings (SSSR count). The molecule has 2 aromatic carbocycles. The number of anilines is 1. The van der Waals surface area contributed by atoms with Crippen molar-refractivity contribution in [2.75, 3.05) is 51.1 Å². The number of piperazine rings is 1. The molecule has 0 spiro atoms. The van der Waals surface area contributed by atoms with Crippen molar-refractivity contribution in [3.8, 4) is 0 Å². The molecule has 0 aliphatic carbocycles. The molecule has 6 nitrogen and oxygen atoms in total. The van der Waals surface area contributed by atoms with Crippen LogP contribution in [0.1, 0.15) is 18.4 Å². The first-order valence-corrected chi connectivity index (χ1v) is 10.9. The monoisotopic (exact) mass is 430 g/mol. The Morgan fingerprint density at radius 1 is 0.900 bits per heavy atom. The van der Waals surface area contributed by atoms with Crippen molar-refractivity contribution in [3.05, 3.63) is 65.2 Å². The van der Waals surface area contributed by atoms with E-state index in [1.165, 1.54) is 15.4 Å². The number of hydrogen-bond acceptors (Lipinski definition) is 2. The predicted octanol–water partition coefficient (Wildman–Crippen LogP) is -0.0182. The number of hydrogen-bond donors (Lipinski definition) is 4. The number of para-hydroxylation sites is 1. The lowest BCUT2D eigenvalue weighted by atomic mass is 10.0. The average Bonchev–Trinajstić information content (AvgIpc) is 2.75. The number of quaternary nitrogens is 2. The predicted molar refractivity (Wildman–Crippen MR) is 119 cm³/mol. The fourth-order valence-corrected chi connectivity index (χ4v) is 3.93. The van der Waals surface area contributed by atoms with E-state index in [9.17, 15) is 9.59 Å². The van der Waals surface area contributed by atoms with Gasteiger partial charge in [-0.2, -0.15) is 0 Å².